The van der Waals surface area contributed by atoms with Gasteiger partial charge in [-0.15, -0.1) is 0 Å². The van der Waals surface area contributed by atoms with E-state index in [0.29, 0.717) is 12.3 Å². The Hall–Kier alpha value is -0.650. The molecule has 0 spiro atoms. The topological polar surface area (TPSA) is 39.2 Å². The summed E-state index contributed by atoms with van der Waals surface area (Å²) in [4.78, 5) is 15.3. The number of aromatic nitrogens is 1. The number of unbranched alkanes of at least 4 members (excludes halogenated alkanes) is 1. The summed E-state index contributed by atoms with van der Waals surface area (Å²) in [5.74, 6) is -0.336. The molecule has 0 N–H and O–H groups in total. The van der Waals surface area contributed by atoms with Gasteiger partial charge in [0.15, 0.2) is 0 Å². The minimum Gasteiger partial charge on any atom is -0.461 e. The fraction of sp³-hybridized carbons (Fsp3) is 0.400. The summed E-state index contributed by atoms with van der Waals surface area (Å²) in [5, 5.41) is 0. The summed E-state index contributed by atoms with van der Waals surface area (Å²) in [6.07, 6.45) is 3.53. The molecule has 0 atom stereocenters. The molecule has 1 aromatic rings. The Morgan fingerprint density at radius 2 is 2.43 bits per heavy atom. The molecule has 14 heavy (non-hydrogen) atoms. The molecule has 1 heterocycles. The van der Waals surface area contributed by atoms with E-state index in [0.717, 1.165) is 16.4 Å². The lowest BCUT2D eigenvalue weighted by Crippen LogP contribution is -2.08. The lowest BCUT2D eigenvalue weighted by molar-refractivity contribution is 0.0493. The number of nitrogens with zero attached hydrogens (tertiary/aromatic N) is 1. The van der Waals surface area contributed by atoms with Gasteiger partial charge in [-0.05, 0) is 41.1 Å². The van der Waals surface area contributed by atoms with Crippen molar-refractivity contribution in [3.63, 3.8) is 0 Å². The van der Waals surface area contributed by atoms with Crippen LogP contribution >= 0.6 is 22.6 Å². The van der Waals surface area contributed by atoms with E-state index in [4.69, 9.17) is 4.74 Å². The van der Waals surface area contributed by atoms with Gasteiger partial charge in [-0.25, -0.2) is 9.78 Å². The van der Waals surface area contributed by atoms with Gasteiger partial charge in [0.2, 0.25) is 0 Å². The summed E-state index contributed by atoms with van der Waals surface area (Å²) in [6.45, 7) is 2.53. The van der Waals surface area contributed by atoms with Crippen molar-refractivity contribution < 1.29 is 9.53 Å². The van der Waals surface area contributed by atoms with Crippen molar-refractivity contribution in [3.05, 3.63) is 27.6 Å². The van der Waals surface area contributed by atoms with Crippen LogP contribution in [0.15, 0.2) is 18.3 Å². The van der Waals surface area contributed by atoms with Gasteiger partial charge in [0, 0.05) is 9.77 Å². The Morgan fingerprint density at radius 1 is 1.64 bits per heavy atom. The zero-order valence-corrected chi connectivity index (χ0v) is 10.2. The Morgan fingerprint density at radius 3 is 3.07 bits per heavy atom. The van der Waals surface area contributed by atoms with E-state index in [2.05, 4.69) is 34.5 Å². The second-order valence-electron chi connectivity index (χ2n) is 2.85. The molecule has 0 aromatic carbocycles. The van der Waals surface area contributed by atoms with Gasteiger partial charge < -0.3 is 4.74 Å². The first-order valence-electron chi connectivity index (χ1n) is 4.52. The van der Waals surface area contributed by atoms with Gasteiger partial charge in [-0.1, -0.05) is 13.3 Å². The number of ether oxygens (including phenoxy) is 1. The molecule has 1 aromatic heterocycles. The van der Waals surface area contributed by atoms with Crippen molar-refractivity contribution in [2.75, 3.05) is 6.61 Å². The van der Waals surface area contributed by atoms with Crippen LogP contribution in [0.4, 0.5) is 0 Å². The van der Waals surface area contributed by atoms with Gasteiger partial charge >= 0.3 is 5.97 Å². The van der Waals surface area contributed by atoms with Crippen molar-refractivity contribution >= 4 is 28.6 Å². The molecule has 3 nitrogen and oxygen atoms in total. The van der Waals surface area contributed by atoms with Gasteiger partial charge in [0.05, 0.1) is 6.61 Å². The van der Waals surface area contributed by atoms with E-state index in [1.54, 1.807) is 12.3 Å². The molecular weight excluding hydrogens is 293 g/mol. The maximum atomic E-state index is 11.4. The van der Waals surface area contributed by atoms with Crippen molar-refractivity contribution in [1.82, 2.24) is 4.98 Å². The SMILES string of the molecule is CCCCOC(=O)c1cc(I)ccn1. The van der Waals surface area contributed by atoms with E-state index in [1.165, 1.54) is 0 Å². The van der Waals surface area contributed by atoms with Crippen LogP contribution < -0.4 is 0 Å². The van der Waals surface area contributed by atoms with Crippen LogP contribution in [0.1, 0.15) is 30.3 Å². The molecule has 1 rings (SSSR count). The lowest BCUT2D eigenvalue weighted by Gasteiger charge is -2.02. The number of hydrogen-bond acceptors (Lipinski definition) is 3. The second kappa shape index (κ2) is 5.95. The quantitative estimate of drug-likeness (QED) is 0.488. The molecule has 0 aliphatic rings. The first kappa shape index (κ1) is 11.4. The smallest absolute Gasteiger partial charge is 0.356 e. The Balaban J connectivity index is 2.52. The maximum Gasteiger partial charge on any atom is 0.356 e. The zero-order valence-electron chi connectivity index (χ0n) is 8.00. The number of esters is 1. The molecule has 0 amide bonds. The van der Waals surface area contributed by atoms with Crippen molar-refractivity contribution in [1.29, 1.82) is 0 Å². The minimum atomic E-state index is -0.336. The second-order valence-corrected chi connectivity index (χ2v) is 4.09. The first-order valence-corrected chi connectivity index (χ1v) is 5.60. The van der Waals surface area contributed by atoms with Crippen LogP contribution in [-0.4, -0.2) is 17.6 Å². The number of rotatable bonds is 4. The van der Waals surface area contributed by atoms with Crippen LogP contribution in [0, 0.1) is 3.57 Å². The normalized spacial score (nSPS) is 9.86. The highest BCUT2D eigenvalue weighted by Crippen LogP contribution is 2.06. The summed E-state index contributed by atoms with van der Waals surface area (Å²) in [6, 6.07) is 3.55. The molecule has 0 fully saturated rings. The first-order chi connectivity index (χ1) is 6.74. The highest BCUT2D eigenvalue weighted by atomic mass is 127. The van der Waals surface area contributed by atoms with Crippen molar-refractivity contribution in [2.45, 2.75) is 19.8 Å². The van der Waals surface area contributed by atoms with Crippen LogP contribution in [0.3, 0.4) is 0 Å². The predicted octanol–water partition coefficient (Wildman–Crippen LogP) is 2.64. The average molecular weight is 305 g/mol. The lowest BCUT2D eigenvalue weighted by atomic mass is 10.3. The van der Waals surface area contributed by atoms with E-state index in [9.17, 15) is 4.79 Å². The fourth-order valence-electron chi connectivity index (χ4n) is 0.900. The molecule has 0 unspecified atom stereocenters. The molecule has 0 radical (unpaired) electrons. The van der Waals surface area contributed by atoms with E-state index < -0.39 is 0 Å². The van der Waals surface area contributed by atoms with Crippen LogP contribution in [0.25, 0.3) is 0 Å². The van der Waals surface area contributed by atoms with Gasteiger partial charge in [-0.2, -0.15) is 0 Å². The number of carbonyl (C=O) groups excluding carboxylic acids is 1. The molecule has 76 valence electrons. The average Bonchev–Trinajstić information content (AvgIpc) is 2.18. The summed E-state index contributed by atoms with van der Waals surface area (Å²) >= 11 is 2.14. The summed E-state index contributed by atoms with van der Waals surface area (Å²) in [5.41, 5.74) is 0.382. The van der Waals surface area contributed by atoms with Gasteiger partial charge in [-0.3, -0.25) is 0 Å². The molecule has 0 aliphatic heterocycles. The van der Waals surface area contributed by atoms with Gasteiger partial charge in [0.25, 0.3) is 0 Å². The Kier molecular flexibility index (Phi) is 4.86. The third kappa shape index (κ3) is 3.61. The maximum absolute atomic E-state index is 11.4. The number of carbonyl (C=O) groups is 1. The Bertz CT molecular complexity index is 315. The standard InChI is InChI=1S/C10H12INO2/c1-2-3-6-14-10(13)9-7-8(11)4-5-12-9/h4-5,7H,2-3,6H2,1H3. The zero-order chi connectivity index (χ0) is 10.4. The third-order valence-electron chi connectivity index (χ3n) is 1.66. The van der Waals surface area contributed by atoms with Crippen LogP contribution in [0.2, 0.25) is 0 Å². The number of hydrogen-bond donors (Lipinski definition) is 0. The monoisotopic (exact) mass is 305 g/mol. The van der Waals surface area contributed by atoms with Crippen LogP contribution in [-0.2, 0) is 4.74 Å². The third-order valence-corrected chi connectivity index (χ3v) is 2.33. The molecular formula is C10H12INO2. The van der Waals surface area contributed by atoms with Crippen LogP contribution in [0.5, 0.6) is 0 Å². The molecule has 0 saturated carbocycles. The summed E-state index contributed by atoms with van der Waals surface area (Å²) in [7, 11) is 0. The molecule has 0 bridgehead atoms. The number of pyridine rings is 1. The van der Waals surface area contributed by atoms with E-state index in [1.807, 2.05) is 6.07 Å². The summed E-state index contributed by atoms with van der Waals surface area (Å²) < 4.78 is 6.00. The highest BCUT2D eigenvalue weighted by molar-refractivity contribution is 14.1. The predicted molar refractivity (Wildman–Crippen MR) is 62.1 cm³/mol. The number of halogens is 1. The largest absolute Gasteiger partial charge is 0.461 e. The Labute approximate surface area is 97.0 Å². The van der Waals surface area contributed by atoms with Gasteiger partial charge in [0.1, 0.15) is 5.69 Å². The molecule has 4 heteroatoms. The van der Waals surface area contributed by atoms with Crippen molar-refractivity contribution in [3.8, 4) is 0 Å². The van der Waals surface area contributed by atoms with E-state index >= 15 is 0 Å². The van der Waals surface area contributed by atoms with E-state index in [-0.39, 0.29) is 5.97 Å². The minimum absolute atomic E-state index is 0.336. The molecule has 0 saturated heterocycles. The molecule has 0 aliphatic carbocycles. The highest BCUT2D eigenvalue weighted by Gasteiger charge is 2.07. The van der Waals surface area contributed by atoms with Crippen molar-refractivity contribution in [2.24, 2.45) is 0 Å². The fourth-order valence-corrected chi connectivity index (χ4v) is 1.36.